The van der Waals surface area contributed by atoms with Crippen molar-refractivity contribution in [3.05, 3.63) is 64.7 Å². The van der Waals surface area contributed by atoms with E-state index in [1.165, 1.54) is 6.21 Å². The quantitative estimate of drug-likeness (QED) is 0.628. The molecule has 23 heavy (non-hydrogen) atoms. The standard InChI is InChI=1S/C18H19ClN2O2/c1-13(2)16-5-3-4-6-17(16)21-18(22)12-23-20-11-14-7-9-15(19)10-8-14/h3-11,13H,12H2,1-2H3,(H,21,22)/b20-11-. The Bertz CT molecular complexity index is 682. The zero-order chi connectivity index (χ0) is 16.7. The molecule has 0 atom stereocenters. The predicted molar refractivity (Wildman–Crippen MR) is 94.2 cm³/mol. The van der Waals surface area contributed by atoms with Crippen LogP contribution < -0.4 is 5.32 Å². The third kappa shape index (κ3) is 5.42. The van der Waals surface area contributed by atoms with E-state index in [-0.39, 0.29) is 12.5 Å². The van der Waals surface area contributed by atoms with Crippen LogP contribution >= 0.6 is 11.6 Å². The molecule has 2 aromatic rings. The van der Waals surface area contributed by atoms with E-state index >= 15 is 0 Å². The molecule has 4 nitrogen and oxygen atoms in total. The molecule has 0 aliphatic heterocycles. The lowest BCUT2D eigenvalue weighted by Crippen LogP contribution is -2.18. The normalized spacial score (nSPS) is 11.0. The first kappa shape index (κ1) is 17.0. The Morgan fingerprint density at radius 1 is 1.22 bits per heavy atom. The molecule has 5 heteroatoms. The summed E-state index contributed by atoms with van der Waals surface area (Å²) in [7, 11) is 0. The average Bonchev–Trinajstić information content (AvgIpc) is 2.53. The van der Waals surface area contributed by atoms with Gasteiger partial charge in [-0.05, 0) is 35.2 Å². The molecule has 0 radical (unpaired) electrons. The number of anilines is 1. The smallest absolute Gasteiger partial charge is 0.265 e. The topological polar surface area (TPSA) is 50.7 Å². The number of nitrogens with zero attached hydrogens (tertiary/aromatic N) is 1. The maximum atomic E-state index is 11.9. The number of halogens is 1. The molecule has 0 fully saturated rings. The Labute approximate surface area is 141 Å². The average molecular weight is 331 g/mol. The number of carbonyl (C=O) groups is 1. The number of amides is 1. The lowest BCUT2D eigenvalue weighted by Gasteiger charge is -2.13. The molecule has 0 saturated carbocycles. The van der Waals surface area contributed by atoms with Gasteiger partial charge in [0.05, 0.1) is 6.21 Å². The molecule has 1 amide bonds. The second-order valence-corrected chi connectivity index (χ2v) is 5.79. The summed E-state index contributed by atoms with van der Waals surface area (Å²) in [5.41, 5.74) is 2.74. The highest BCUT2D eigenvalue weighted by Gasteiger charge is 2.09. The first-order valence-corrected chi connectivity index (χ1v) is 7.73. The summed E-state index contributed by atoms with van der Waals surface area (Å²) in [5.74, 6) is 0.0849. The Morgan fingerprint density at radius 3 is 2.61 bits per heavy atom. The van der Waals surface area contributed by atoms with Crippen molar-refractivity contribution >= 4 is 29.4 Å². The Morgan fingerprint density at radius 2 is 1.91 bits per heavy atom. The van der Waals surface area contributed by atoms with Crippen LogP contribution in [0.3, 0.4) is 0 Å². The highest BCUT2D eigenvalue weighted by Crippen LogP contribution is 2.23. The summed E-state index contributed by atoms with van der Waals surface area (Å²) >= 11 is 5.80. The second-order valence-electron chi connectivity index (χ2n) is 5.35. The zero-order valence-electron chi connectivity index (χ0n) is 13.1. The number of para-hydroxylation sites is 1. The van der Waals surface area contributed by atoms with Gasteiger partial charge in [0.25, 0.3) is 5.91 Å². The van der Waals surface area contributed by atoms with E-state index in [1.54, 1.807) is 12.1 Å². The van der Waals surface area contributed by atoms with Gasteiger partial charge < -0.3 is 10.2 Å². The number of hydrogen-bond acceptors (Lipinski definition) is 3. The zero-order valence-corrected chi connectivity index (χ0v) is 13.9. The molecule has 0 heterocycles. The summed E-state index contributed by atoms with van der Waals surface area (Å²) in [5, 5.41) is 7.28. The van der Waals surface area contributed by atoms with Crippen molar-refractivity contribution in [2.75, 3.05) is 11.9 Å². The molecular weight excluding hydrogens is 312 g/mol. The molecule has 0 saturated heterocycles. The van der Waals surface area contributed by atoms with Crippen LogP contribution in [0.2, 0.25) is 5.02 Å². The van der Waals surface area contributed by atoms with Crippen LogP contribution in [0.15, 0.2) is 53.7 Å². The molecular formula is C18H19ClN2O2. The van der Waals surface area contributed by atoms with E-state index in [2.05, 4.69) is 24.3 Å². The van der Waals surface area contributed by atoms with E-state index in [0.717, 1.165) is 16.8 Å². The fourth-order valence-electron chi connectivity index (χ4n) is 2.04. The molecule has 0 unspecified atom stereocenters. The number of carbonyl (C=O) groups excluding carboxylic acids is 1. The van der Waals surface area contributed by atoms with Crippen LogP contribution in [0, 0.1) is 0 Å². The Balaban J connectivity index is 1.85. The molecule has 1 N–H and O–H groups in total. The van der Waals surface area contributed by atoms with Gasteiger partial charge in [-0.25, -0.2) is 0 Å². The first-order valence-electron chi connectivity index (χ1n) is 7.36. The summed E-state index contributed by atoms with van der Waals surface area (Å²) in [6, 6.07) is 14.9. The summed E-state index contributed by atoms with van der Waals surface area (Å²) < 4.78 is 0. The van der Waals surface area contributed by atoms with Gasteiger partial charge in [-0.3, -0.25) is 4.79 Å². The van der Waals surface area contributed by atoms with E-state index in [0.29, 0.717) is 10.9 Å². The molecule has 0 aliphatic carbocycles. The van der Waals surface area contributed by atoms with Crippen molar-refractivity contribution in [1.82, 2.24) is 0 Å². The molecule has 0 aromatic heterocycles. The van der Waals surface area contributed by atoms with Gasteiger partial charge in [-0.1, -0.05) is 60.9 Å². The maximum absolute atomic E-state index is 11.9. The van der Waals surface area contributed by atoms with Crippen LogP contribution in [0.5, 0.6) is 0 Å². The van der Waals surface area contributed by atoms with Gasteiger partial charge in [-0.2, -0.15) is 0 Å². The molecule has 2 rings (SSSR count). The fourth-order valence-corrected chi connectivity index (χ4v) is 2.17. The van der Waals surface area contributed by atoms with Crippen molar-refractivity contribution < 1.29 is 9.63 Å². The first-order chi connectivity index (χ1) is 11.1. The van der Waals surface area contributed by atoms with Gasteiger partial charge in [0.15, 0.2) is 6.61 Å². The SMILES string of the molecule is CC(C)c1ccccc1NC(=O)CO/N=C\c1ccc(Cl)cc1. The number of benzene rings is 2. The van der Waals surface area contributed by atoms with Crippen LogP contribution in [0.1, 0.15) is 30.9 Å². The lowest BCUT2D eigenvalue weighted by molar-refractivity contribution is -0.120. The Hall–Kier alpha value is -2.33. The summed E-state index contributed by atoms with van der Waals surface area (Å²) in [6.07, 6.45) is 1.53. The van der Waals surface area contributed by atoms with Crippen molar-refractivity contribution in [2.45, 2.75) is 19.8 Å². The lowest BCUT2D eigenvalue weighted by atomic mass is 10.0. The number of nitrogens with one attached hydrogen (secondary N) is 1. The van der Waals surface area contributed by atoms with E-state index in [4.69, 9.17) is 16.4 Å². The highest BCUT2D eigenvalue weighted by molar-refractivity contribution is 6.30. The van der Waals surface area contributed by atoms with E-state index < -0.39 is 0 Å². The number of hydrogen-bond donors (Lipinski definition) is 1. The number of oxime groups is 1. The monoisotopic (exact) mass is 330 g/mol. The molecule has 120 valence electrons. The third-order valence-electron chi connectivity index (χ3n) is 3.20. The second kappa shape index (κ2) is 8.34. The van der Waals surface area contributed by atoms with E-state index in [1.807, 2.05) is 36.4 Å². The minimum atomic E-state index is -0.244. The van der Waals surface area contributed by atoms with Gasteiger partial charge >= 0.3 is 0 Å². The van der Waals surface area contributed by atoms with Gasteiger partial charge in [-0.15, -0.1) is 0 Å². The Kier molecular flexibility index (Phi) is 6.18. The van der Waals surface area contributed by atoms with Crippen molar-refractivity contribution in [3.8, 4) is 0 Å². The summed E-state index contributed by atoms with van der Waals surface area (Å²) in [6.45, 7) is 4.02. The molecule has 0 bridgehead atoms. The predicted octanol–water partition coefficient (Wildman–Crippen LogP) is 4.45. The maximum Gasteiger partial charge on any atom is 0.265 e. The largest absolute Gasteiger partial charge is 0.386 e. The van der Waals surface area contributed by atoms with Gasteiger partial charge in [0, 0.05) is 10.7 Å². The van der Waals surface area contributed by atoms with Crippen LogP contribution in [-0.4, -0.2) is 18.7 Å². The molecule has 2 aromatic carbocycles. The summed E-state index contributed by atoms with van der Waals surface area (Å²) in [4.78, 5) is 16.9. The van der Waals surface area contributed by atoms with Crippen LogP contribution in [0.4, 0.5) is 5.69 Å². The van der Waals surface area contributed by atoms with Crippen LogP contribution in [0.25, 0.3) is 0 Å². The number of rotatable bonds is 6. The highest BCUT2D eigenvalue weighted by atomic mass is 35.5. The van der Waals surface area contributed by atoms with Crippen LogP contribution in [-0.2, 0) is 9.63 Å². The van der Waals surface area contributed by atoms with Gasteiger partial charge in [0.1, 0.15) is 0 Å². The minimum Gasteiger partial charge on any atom is -0.386 e. The van der Waals surface area contributed by atoms with Crippen molar-refractivity contribution in [3.63, 3.8) is 0 Å². The minimum absolute atomic E-state index is 0.142. The fraction of sp³-hybridized carbons (Fsp3) is 0.222. The van der Waals surface area contributed by atoms with Gasteiger partial charge in [0.2, 0.25) is 0 Å². The van der Waals surface area contributed by atoms with Crippen molar-refractivity contribution in [1.29, 1.82) is 0 Å². The third-order valence-corrected chi connectivity index (χ3v) is 3.45. The molecule has 0 spiro atoms. The van der Waals surface area contributed by atoms with E-state index in [9.17, 15) is 4.79 Å². The molecule has 0 aliphatic rings. The van der Waals surface area contributed by atoms with Crippen molar-refractivity contribution in [2.24, 2.45) is 5.16 Å².